The Labute approximate surface area is 114 Å². The number of halogens is 2. The molecule has 2 rings (SSSR count). The molecule has 0 saturated heterocycles. The molecule has 0 aliphatic rings. The Kier molecular flexibility index (Phi) is 3.63. The molecule has 4 nitrogen and oxygen atoms in total. The topological polar surface area (TPSA) is 55.0 Å². The molecule has 0 fully saturated rings. The third kappa shape index (κ3) is 2.58. The van der Waals surface area contributed by atoms with Crippen LogP contribution < -0.4 is 10.3 Å². The van der Waals surface area contributed by atoms with Crippen molar-refractivity contribution in [2.45, 2.75) is 0 Å². The lowest BCUT2D eigenvalue weighted by molar-refractivity contribution is 0.415. The molecule has 0 unspecified atom stereocenters. The zero-order valence-electron chi connectivity index (χ0n) is 8.83. The lowest BCUT2D eigenvalue weighted by atomic mass is 10.2. The minimum Gasteiger partial charge on any atom is -0.497 e. The highest BCUT2D eigenvalue weighted by molar-refractivity contribution is 9.10. The molecule has 1 N–H and O–H groups in total. The molecule has 2 aromatic rings. The van der Waals surface area contributed by atoms with Gasteiger partial charge in [0, 0.05) is 16.2 Å². The molecule has 0 bridgehead atoms. The van der Waals surface area contributed by atoms with Crippen molar-refractivity contribution >= 4 is 31.9 Å². The Balaban J connectivity index is 2.59. The van der Waals surface area contributed by atoms with E-state index in [2.05, 4.69) is 41.8 Å². The van der Waals surface area contributed by atoms with E-state index in [1.807, 2.05) is 12.1 Å². The fourth-order valence-corrected chi connectivity index (χ4v) is 1.96. The number of benzene rings is 1. The molecule has 17 heavy (non-hydrogen) atoms. The summed E-state index contributed by atoms with van der Waals surface area (Å²) in [7, 11) is 1.59. The molecule has 1 aromatic heterocycles. The maximum Gasteiger partial charge on any atom is 0.265 e. The predicted molar refractivity (Wildman–Crippen MR) is 72.2 cm³/mol. The molecule has 0 saturated carbocycles. The summed E-state index contributed by atoms with van der Waals surface area (Å²) in [6.07, 6.45) is 1.47. The third-order valence-electron chi connectivity index (χ3n) is 2.18. The number of methoxy groups -OCH3 is 1. The Bertz CT molecular complexity index is 611. The minimum absolute atomic E-state index is 0.218. The van der Waals surface area contributed by atoms with E-state index in [0.29, 0.717) is 16.0 Å². The average Bonchev–Trinajstić information content (AvgIpc) is 2.33. The van der Waals surface area contributed by atoms with Gasteiger partial charge in [0.1, 0.15) is 16.0 Å². The van der Waals surface area contributed by atoms with Gasteiger partial charge in [-0.3, -0.25) is 4.79 Å². The lowest BCUT2D eigenvalue weighted by Crippen LogP contribution is -2.09. The molecule has 6 heteroatoms. The molecule has 0 radical (unpaired) electrons. The Hall–Kier alpha value is -1.14. The van der Waals surface area contributed by atoms with Gasteiger partial charge in [0.05, 0.1) is 7.11 Å². The van der Waals surface area contributed by atoms with Gasteiger partial charge >= 0.3 is 0 Å². The number of hydrogen-bond acceptors (Lipinski definition) is 3. The summed E-state index contributed by atoms with van der Waals surface area (Å²) in [5.41, 5.74) is 0.554. The zero-order valence-corrected chi connectivity index (χ0v) is 12.0. The van der Waals surface area contributed by atoms with Crippen LogP contribution in [0.25, 0.3) is 11.4 Å². The fourth-order valence-electron chi connectivity index (χ4n) is 1.33. The van der Waals surface area contributed by atoms with Crippen LogP contribution in [0.3, 0.4) is 0 Å². The van der Waals surface area contributed by atoms with Crippen LogP contribution in [0.5, 0.6) is 5.75 Å². The number of hydrogen-bond donors (Lipinski definition) is 1. The number of nitrogens with zero attached hydrogens (tertiary/aromatic N) is 1. The SMILES string of the molecule is COc1ccc(Br)c(-c2ncc(Br)c(=O)[nH]2)c1. The largest absolute Gasteiger partial charge is 0.497 e. The van der Waals surface area contributed by atoms with E-state index < -0.39 is 0 Å². The summed E-state index contributed by atoms with van der Waals surface area (Å²) in [6.45, 7) is 0. The van der Waals surface area contributed by atoms with Crippen molar-refractivity contribution < 1.29 is 4.74 Å². The molecule has 1 aromatic carbocycles. The van der Waals surface area contributed by atoms with E-state index >= 15 is 0 Å². The molecular weight excluding hydrogens is 352 g/mol. The maximum atomic E-state index is 11.5. The van der Waals surface area contributed by atoms with Gasteiger partial charge in [-0.05, 0) is 34.1 Å². The van der Waals surface area contributed by atoms with Gasteiger partial charge in [0.25, 0.3) is 5.56 Å². The number of rotatable bonds is 2. The van der Waals surface area contributed by atoms with Crippen molar-refractivity contribution in [1.82, 2.24) is 9.97 Å². The van der Waals surface area contributed by atoms with Crippen molar-refractivity contribution in [2.24, 2.45) is 0 Å². The fraction of sp³-hybridized carbons (Fsp3) is 0.0909. The van der Waals surface area contributed by atoms with Gasteiger partial charge in [-0.1, -0.05) is 15.9 Å². The molecule has 88 valence electrons. The van der Waals surface area contributed by atoms with Crippen LogP contribution in [0, 0.1) is 0 Å². The first kappa shape index (κ1) is 12.3. The van der Waals surface area contributed by atoms with Gasteiger partial charge in [-0.15, -0.1) is 0 Å². The van der Waals surface area contributed by atoms with E-state index in [9.17, 15) is 4.79 Å². The average molecular weight is 360 g/mol. The van der Waals surface area contributed by atoms with Crippen LogP contribution in [0.2, 0.25) is 0 Å². The molecule has 0 atom stereocenters. The Morgan fingerprint density at radius 2 is 2.06 bits per heavy atom. The van der Waals surface area contributed by atoms with Gasteiger partial charge in [0.2, 0.25) is 0 Å². The standard InChI is InChI=1S/C11H8Br2N2O2/c1-17-6-2-3-8(12)7(4-6)10-14-5-9(13)11(16)15-10/h2-5H,1H3,(H,14,15,16). The summed E-state index contributed by atoms with van der Waals surface area (Å²) in [5, 5.41) is 0. The number of aromatic amines is 1. The van der Waals surface area contributed by atoms with E-state index in [1.165, 1.54) is 6.20 Å². The quantitative estimate of drug-likeness (QED) is 0.896. The summed E-state index contributed by atoms with van der Waals surface area (Å²) in [5.74, 6) is 1.19. The molecule has 0 aliphatic heterocycles. The Morgan fingerprint density at radius 1 is 1.29 bits per heavy atom. The smallest absolute Gasteiger partial charge is 0.265 e. The van der Waals surface area contributed by atoms with E-state index in [-0.39, 0.29) is 5.56 Å². The second-order valence-corrected chi connectivity index (χ2v) is 4.96. The van der Waals surface area contributed by atoms with Crippen LogP contribution in [-0.4, -0.2) is 17.1 Å². The number of H-pyrrole nitrogens is 1. The van der Waals surface area contributed by atoms with Crippen LogP contribution in [-0.2, 0) is 0 Å². The number of ether oxygens (including phenoxy) is 1. The third-order valence-corrected chi connectivity index (χ3v) is 3.44. The van der Waals surface area contributed by atoms with E-state index in [0.717, 1.165) is 10.0 Å². The summed E-state index contributed by atoms with van der Waals surface area (Å²) in [6, 6.07) is 5.47. The normalized spacial score (nSPS) is 10.3. The van der Waals surface area contributed by atoms with Gasteiger partial charge in [0.15, 0.2) is 0 Å². The van der Waals surface area contributed by atoms with Crippen molar-refractivity contribution in [3.63, 3.8) is 0 Å². The lowest BCUT2D eigenvalue weighted by Gasteiger charge is -2.06. The highest BCUT2D eigenvalue weighted by Crippen LogP contribution is 2.29. The summed E-state index contributed by atoms with van der Waals surface area (Å²) >= 11 is 6.52. The number of nitrogens with one attached hydrogen (secondary N) is 1. The van der Waals surface area contributed by atoms with Crippen LogP contribution in [0.4, 0.5) is 0 Å². The van der Waals surface area contributed by atoms with Crippen molar-refractivity contribution in [1.29, 1.82) is 0 Å². The van der Waals surface area contributed by atoms with Crippen molar-refractivity contribution in [3.05, 3.63) is 43.7 Å². The van der Waals surface area contributed by atoms with Crippen LogP contribution in [0.1, 0.15) is 0 Å². The molecule has 0 spiro atoms. The highest BCUT2D eigenvalue weighted by atomic mass is 79.9. The number of aromatic nitrogens is 2. The molecular formula is C11H8Br2N2O2. The Morgan fingerprint density at radius 3 is 2.71 bits per heavy atom. The van der Waals surface area contributed by atoms with Gasteiger partial charge in [-0.2, -0.15) is 0 Å². The van der Waals surface area contributed by atoms with Crippen LogP contribution in [0.15, 0.2) is 38.1 Å². The van der Waals surface area contributed by atoms with Gasteiger partial charge < -0.3 is 9.72 Å². The zero-order chi connectivity index (χ0) is 12.4. The predicted octanol–water partition coefficient (Wildman–Crippen LogP) is 2.97. The second-order valence-electron chi connectivity index (χ2n) is 3.25. The highest BCUT2D eigenvalue weighted by Gasteiger charge is 2.08. The van der Waals surface area contributed by atoms with E-state index in [4.69, 9.17) is 4.74 Å². The molecule has 0 aliphatic carbocycles. The first-order chi connectivity index (χ1) is 8.11. The second kappa shape index (κ2) is 5.01. The van der Waals surface area contributed by atoms with Crippen molar-refractivity contribution in [2.75, 3.05) is 7.11 Å². The first-order valence-electron chi connectivity index (χ1n) is 4.70. The molecule has 0 amide bonds. The molecule has 1 heterocycles. The van der Waals surface area contributed by atoms with E-state index in [1.54, 1.807) is 13.2 Å². The van der Waals surface area contributed by atoms with Crippen molar-refractivity contribution in [3.8, 4) is 17.1 Å². The van der Waals surface area contributed by atoms with Crippen LogP contribution >= 0.6 is 31.9 Å². The maximum absolute atomic E-state index is 11.5. The van der Waals surface area contributed by atoms with Gasteiger partial charge in [-0.25, -0.2) is 4.98 Å². The minimum atomic E-state index is -0.218. The monoisotopic (exact) mass is 358 g/mol. The summed E-state index contributed by atoms with van der Waals surface area (Å²) < 4.78 is 6.38. The summed E-state index contributed by atoms with van der Waals surface area (Å²) in [4.78, 5) is 18.3. The first-order valence-corrected chi connectivity index (χ1v) is 6.29.